The molecule has 1 aromatic heterocycles. The summed E-state index contributed by atoms with van der Waals surface area (Å²) in [4.78, 5) is 23.5. The molecule has 3 heterocycles. The van der Waals surface area contributed by atoms with Gasteiger partial charge in [-0.2, -0.15) is 0 Å². The number of carbonyl (C=O) groups is 1. The topological polar surface area (TPSA) is 72.0 Å². The van der Waals surface area contributed by atoms with E-state index in [0.717, 1.165) is 48.8 Å². The highest BCUT2D eigenvalue weighted by Crippen LogP contribution is 2.49. The first kappa shape index (κ1) is 24.6. The molecular weight excluding hydrogens is 440 g/mol. The number of methoxy groups -OCH3 is 1. The zero-order chi connectivity index (χ0) is 24.6. The standard InChI is InChI=1S/C28H42N4O3/c1-30(2)17-25(34)32-19-28(11-13-31(14-12-28)16-20-7-5-4-6-8-20)26-22-10-9-21(35-3)15-23(22)29-27(26)24(32)18-33/h9-10,15,20,24,29,33H,4-8,11-14,16-19H2,1-3H3/t24-/m1/s1. The normalized spacial score (nSPS) is 23.2. The van der Waals surface area contributed by atoms with Crippen LogP contribution in [0, 0.1) is 5.92 Å². The van der Waals surface area contributed by atoms with Crippen LogP contribution in [0.5, 0.6) is 5.75 Å². The molecule has 2 N–H and O–H groups in total. The van der Waals surface area contributed by atoms with Crippen molar-refractivity contribution in [2.75, 3.05) is 60.5 Å². The number of amides is 1. The van der Waals surface area contributed by atoms with Gasteiger partial charge in [0.15, 0.2) is 0 Å². The molecule has 0 radical (unpaired) electrons. The van der Waals surface area contributed by atoms with Gasteiger partial charge in [0, 0.05) is 41.2 Å². The quantitative estimate of drug-likeness (QED) is 0.659. The summed E-state index contributed by atoms with van der Waals surface area (Å²) in [7, 11) is 5.54. The van der Waals surface area contributed by atoms with Gasteiger partial charge < -0.3 is 29.5 Å². The van der Waals surface area contributed by atoms with Crippen molar-refractivity contribution in [2.24, 2.45) is 5.92 Å². The summed E-state index contributed by atoms with van der Waals surface area (Å²) < 4.78 is 5.49. The molecule has 7 heteroatoms. The molecule has 1 saturated carbocycles. The van der Waals surface area contributed by atoms with Gasteiger partial charge in [-0.1, -0.05) is 19.3 Å². The van der Waals surface area contributed by atoms with Crippen LogP contribution in [-0.2, 0) is 10.2 Å². The SMILES string of the molecule is COc1ccc2c3c([nH]c2c1)[C@@H](CO)N(C(=O)CN(C)C)CC31CCN(CC2CCCCC2)CC1. The van der Waals surface area contributed by atoms with Gasteiger partial charge in [0.25, 0.3) is 0 Å². The third-order valence-corrected chi connectivity index (χ3v) is 8.75. The van der Waals surface area contributed by atoms with Gasteiger partial charge in [-0.15, -0.1) is 0 Å². The summed E-state index contributed by atoms with van der Waals surface area (Å²) in [5.41, 5.74) is 3.26. The van der Waals surface area contributed by atoms with E-state index in [-0.39, 0.29) is 24.0 Å². The molecule has 0 bridgehead atoms. The molecule has 1 saturated heterocycles. The maximum Gasteiger partial charge on any atom is 0.237 e. The number of hydrogen-bond donors (Lipinski definition) is 2. The Morgan fingerprint density at radius 3 is 2.60 bits per heavy atom. The molecule has 1 aromatic carbocycles. The van der Waals surface area contributed by atoms with E-state index < -0.39 is 0 Å². The smallest absolute Gasteiger partial charge is 0.237 e. The molecule has 192 valence electrons. The van der Waals surface area contributed by atoms with Gasteiger partial charge in [-0.05, 0) is 76.5 Å². The lowest BCUT2D eigenvalue weighted by atomic mass is 9.68. The molecule has 2 fully saturated rings. The van der Waals surface area contributed by atoms with E-state index in [0.29, 0.717) is 13.1 Å². The van der Waals surface area contributed by atoms with Crippen LogP contribution in [0.1, 0.15) is 62.2 Å². The van der Waals surface area contributed by atoms with Crippen LogP contribution in [0.2, 0.25) is 0 Å². The number of rotatable bonds is 6. The maximum absolute atomic E-state index is 13.4. The summed E-state index contributed by atoms with van der Waals surface area (Å²) in [5, 5.41) is 11.7. The molecule has 1 amide bonds. The van der Waals surface area contributed by atoms with Gasteiger partial charge in [0.1, 0.15) is 5.75 Å². The maximum atomic E-state index is 13.4. The minimum absolute atomic E-state index is 0.0833. The molecule has 2 aromatic rings. The number of ether oxygens (including phenoxy) is 1. The number of piperidine rings is 1. The molecule has 3 aliphatic rings. The van der Waals surface area contributed by atoms with Crippen molar-refractivity contribution < 1.29 is 14.6 Å². The summed E-state index contributed by atoms with van der Waals surface area (Å²) in [6.45, 7) is 4.30. The summed E-state index contributed by atoms with van der Waals surface area (Å²) in [6.07, 6.45) is 9.00. The second-order valence-corrected chi connectivity index (χ2v) is 11.4. The number of carbonyl (C=O) groups excluding carboxylic acids is 1. The zero-order valence-electron chi connectivity index (χ0n) is 21.7. The zero-order valence-corrected chi connectivity index (χ0v) is 21.7. The fraction of sp³-hybridized carbons (Fsp3) is 0.679. The third-order valence-electron chi connectivity index (χ3n) is 8.75. The largest absolute Gasteiger partial charge is 0.497 e. The number of fused-ring (bicyclic) bond motifs is 4. The first-order chi connectivity index (χ1) is 16.9. The van der Waals surface area contributed by atoms with Crippen LogP contribution in [-0.4, -0.2) is 91.2 Å². The highest BCUT2D eigenvalue weighted by molar-refractivity contribution is 5.89. The highest BCUT2D eigenvalue weighted by atomic mass is 16.5. The number of aliphatic hydroxyl groups is 1. The molecule has 0 unspecified atom stereocenters. The number of benzene rings is 1. The second-order valence-electron chi connectivity index (χ2n) is 11.4. The van der Waals surface area contributed by atoms with E-state index >= 15 is 0 Å². The molecule has 5 rings (SSSR count). The van der Waals surface area contributed by atoms with Crippen molar-refractivity contribution in [1.29, 1.82) is 0 Å². The highest BCUT2D eigenvalue weighted by Gasteiger charge is 2.48. The molecule has 1 aliphatic carbocycles. The number of nitrogens with one attached hydrogen (secondary N) is 1. The van der Waals surface area contributed by atoms with Crippen LogP contribution in [0.15, 0.2) is 18.2 Å². The second kappa shape index (κ2) is 10.1. The number of aromatic amines is 1. The average molecular weight is 483 g/mol. The predicted octanol–water partition coefficient (Wildman–Crippen LogP) is 3.53. The van der Waals surface area contributed by atoms with Gasteiger partial charge >= 0.3 is 0 Å². The van der Waals surface area contributed by atoms with Gasteiger partial charge in [-0.3, -0.25) is 4.79 Å². The van der Waals surface area contributed by atoms with E-state index in [9.17, 15) is 9.90 Å². The average Bonchev–Trinajstić information content (AvgIpc) is 3.25. The number of hydrogen-bond acceptors (Lipinski definition) is 5. The Balaban J connectivity index is 1.49. The van der Waals surface area contributed by atoms with Crippen LogP contribution >= 0.6 is 0 Å². The number of aliphatic hydroxyl groups excluding tert-OH is 1. The minimum atomic E-state index is -0.346. The Kier molecular flexibility index (Phi) is 7.11. The number of nitrogens with zero attached hydrogens (tertiary/aromatic N) is 3. The first-order valence-corrected chi connectivity index (χ1v) is 13.4. The molecule has 1 spiro atoms. The van der Waals surface area contributed by atoms with Crippen molar-refractivity contribution in [2.45, 2.75) is 56.4 Å². The van der Waals surface area contributed by atoms with Gasteiger partial charge in [0.05, 0.1) is 26.3 Å². The van der Waals surface area contributed by atoms with E-state index in [1.165, 1.54) is 49.6 Å². The summed E-state index contributed by atoms with van der Waals surface area (Å²) in [6, 6.07) is 5.88. The van der Waals surface area contributed by atoms with Crippen LogP contribution in [0.25, 0.3) is 10.9 Å². The predicted molar refractivity (Wildman–Crippen MR) is 139 cm³/mol. The van der Waals surface area contributed by atoms with E-state index in [1.807, 2.05) is 36.0 Å². The Morgan fingerprint density at radius 2 is 1.94 bits per heavy atom. The fourth-order valence-electron chi connectivity index (χ4n) is 6.94. The van der Waals surface area contributed by atoms with Gasteiger partial charge in [0.2, 0.25) is 5.91 Å². The molecule has 1 atom stereocenters. The number of H-pyrrole nitrogens is 1. The fourth-order valence-corrected chi connectivity index (χ4v) is 6.94. The summed E-state index contributed by atoms with van der Waals surface area (Å²) in [5.74, 6) is 1.74. The Hall–Kier alpha value is -2.09. The molecular formula is C28H42N4O3. The third kappa shape index (κ3) is 4.70. The molecule has 7 nitrogen and oxygen atoms in total. The van der Waals surface area contributed by atoms with Crippen molar-refractivity contribution in [3.05, 3.63) is 29.5 Å². The van der Waals surface area contributed by atoms with Crippen molar-refractivity contribution in [1.82, 2.24) is 19.7 Å². The van der Waals surface area contributed by atoms with E-state index in [1.54, 1.807) is 7.11 Å². The Morgan fingerprint density at radius 1 is 1.20 bits per heavy atom. The van der Waals surface area contributed by atoms with Crippen molar-refractivity contribution in [3.8, 4) is 5.75 Å². The lowest BCUT2D eigenvalue weighted by Gasteiger charge is -2.50. The monoisotopic (exact) mass is 482 g/mol. The minimum Gasteiger partial charge on any atom is -0.497 e. The van der Waals surface area contributed by atoms with Crippen molar-refractivity contribution >= 4 is 16.8 Å². The van der Waals surface area contributed by atoms with Crippen LogP contribution < -0.4 is 4.74 Å². The Labute approximate surface area is 209 Å². The first-order valence-electron chi connectivity index (χ1n) is 13.4. The van der Waals surface area contributed by atoms with E-state index in [4.69, 9.17) is 4.74 Å². The Bertz CT molecular complexity index is 1030. The number of aromatic nitrogens is 1. The molecule has 2 aliphatic heterocycles. The molecule has 35 heavy (non-hydrogen) atoms. The lowest BCUT2D eigenvalue weighted by Crippen LogP contribution is -2.56. The van der Waals surface area contributed by atoms with Crippen LogP contribution in [0.4, 0.5) is 0 Å². The van der Waals surface area contributed by atoms with E-state index in [2.05, 4.69) is 16.0 Å². The summed E-state index contributed by atoms with van der Waals surface area (Å²) >= 11 is 0. The van der Waals surface area contributed by atoms with Gasteiger partial charge in [-0.25, -0.2) is 0 Å². The van der Waals surface area contributed by atoms with Crippen LogP contribution in [0.3, 0.4) is 0 Å². The number of likely N-dealkylation sites (tertiary alicyclic amines) is 1. The lowest BCUT2D eigenvalue weighted by molar-refractivity contribution is -0.138. The number of likely N-dealkylation sites (N-methyl/N-ethyl adjacent to an activating group) is 1. The van der Waals surface area contributed by atoms with Crippen molar-refractivity contribution in [3.63, 3.8) is 0 Å².